The molecule has 4 atom stereocenters. The van der Waals surface area contributed by atoms with E-state index < -0.39 is 67.7 Å². The molecule has 0 radical (unpaired) electrons. The van der Waals surface area contributed by atoms with E-state index in [0.717, 1.165) is 0 Å². The van der Waals surface area contributed by atoms with E-state index in [0.29, 0.717) is 0 Å². The van der Waals surface area contributed by atoms with Crippen molar-refractivity contribution in [1.29, 1.82) is 0 Å². The second-order valence-corrected chi connectivity index (χ2v) is 4.85. The molecule has 0 spiro atoms. The molecule has 0 rings (SSSR count). The smallest absolute Gasteiger partial charge is 0.325 e. The van der Waals surface area contributed by atoms with Gasteiger partial charge in [0.25, 0.3) is 0 Å². The van der Waals surface area contributed by atoms with E-state index in [9.17, 15) is 19.2 Å². The van der Waals surface area contributed by atoms with Gasteiger partial charge in [0, 0.05) is 0 Å². The van der Waals surface area contributed by atoms with E-state index in [4.69, 9.17) is 26.2 Å². The molecule has 0 saturated heterocycles. The molecule has 0 aromatic heterocycles. The van der Waals surface area contributed by atoms with E-state index in [-0.39, 0.29) is 0 Å². The number of carbonyl (C=O) groups excluding carboxylic acids is 3. The fourth-order valence-electron chi connectivity index (χ4n) is 1.40. The fourth-order valence-corrected chi connectivity index (χ4v) is 1.40. The van der Waals surface area contributed by atoms with Crippen LogP contribution >= 0.6 is 0 Å². The molecule has 3 amide bonds. The SMILES string of the molecule is CC(NC(=O)C(CO)NC(=O)C(CO)NC(=O)C(N)CO)C(=O)O. The van der Waals surface area contributed by atoms with Crippen molar-refractivity contribution < 1.29 is 39.6 Å². The second-order valence-electron chi connectivity index (χ2n) is 4.85. The number of carbonyl (C=O) groups is 4. The Morgan fingerprint density at radius 2 is 1.25 bits per heavy atom. The fraction of sp³-hybridized carbons (Fsp3) is 0.667. The molecular formula is C12H22N4O8. The summed E-state index contributed by atoms with van der Waals surface area (Å²) in [4.78, 5) is 45.8. The normalized spacial score (nSPS) is 15.5. The maximum atomic E-state index is 11.9. The Hall–Kier alpha value is -2.28. The molecule has 138 valence electrons. The molecule has 0 fully saturated rings. The molecule has 0 aliphatic carbocycles. The molecule has 12 nitrogen and oxygen atoms in total. The number of nitrogens with two attached hydrogens (primary N) is 1. The minimum atomic E-state index is -1.49. The number of hydrogen-bond donors (Lipinski definition) is 8. The zero-order chi connectivity index (χ0) is 18.9. The molecule has 0 aliphatic heterocycles. The van der Waals surface area contributed by atoms with E-state index in [1.165, 1.54) is 6.92 Å². The third-order valence-electron chi connectivity index (χ3n) is 2.89. The minimum Gasteiger partial charge on any atom is -0.480 e. The summed E-state index contributed by atoms with van der Waals surface area (Å²) < 4.78 is 0. The first-order chi connectivity index (χ1) is 11.2. The van der Waals surface area contributed by atoms with Crippen LogP contribution in [0.1, 0.15) is 6.92 Å². The first kappa shape index (κ1) is 21.7. The average Bonchev–Trinajstić information content (AvgIpc) is 2.55. The summed E-state index contributed by atoms with van der Waals surface area (Å²) in [7, 11) is 0. The Kier molecular flexibility index (Phi) is 9.49. The highest BCUT2D eigenvalue weighted by Gasteiger charge is 2.28. The zero-order valence-corrected chi connectivity index (χ0v) is 12.9. The highest BCUT2D eigenvalue weighted by Crippen LogP contribution is 1.92. The van der Waals surface area contributed by atoms with E-state index >= 15 is 0 Å². The van der Waals surface area contributed by atoms with Gasteiger partial charge >= 0.3 is 5.97 Å². The molecule has 24 heavy (non-hydrogen) atoms. The van der Waals surface area contributed by atoms with Gasteiger partial charge < -0.3 is 42.1 Å². The number of carboxylic acid groups (broad SMARTS) is 1. The van der Waals surface area contributed by atoms with Gasteiger partial charge in [0.2, 0.25) is 17.7 Å². The molecule has 0 bridgehead atoms. The summed E-state index contributed by atoms with van der Waals surface area (Å²) in [5.74, 6) is -4.19. The van der Waals surface area contributed by atoms with Gasteiger partial charge in [0.1, 0.15) is 24.2 Å². The van der Waals surface area contributed by atoms with Gasteiger partial charge in [0.15, 0.2) is 0 Å². The number of nitrogens with one attached hydrogen (secondary N) is 3. The van der Waals surface area contributed by atoms with Crippen LogP contribution in [0.5, 0.6) is 0 Å². The van der Waals surface area contributed by atoms with E-state index in [2.05, 4.69) is 10.6 Å². The third-order valence-corrected chi connectivity index (χ3v) is 2.89. The molecular weight excluding hydrogens is 328 g/mol. The second kappa shape index (κ2) is 10.5. The molecule has 0 aromatic carbocycles. The van der Waals surface area contributed by atoms with Crippen molar-refractivity contribution in [1.82, 2.24) is 16.0 Å². The standard InChI is InChI=1S/C12H22N4O8/c1-5(12(23)24)14-10(21)7(3-18)16-11(22)8(4-19)15-9(20)6(13)2-17/h5-8,17-19H,2-4,13H2,1H3,(H,14,21)(H,15,20)(H,16,22)(H,23,24). The maximum Gasteiger partial charge on any atom is 0.325 e. The van der Waals surface area contributed by atoms with Crippen LogP contribution in [-0.4, -0.2) is 88.1 Å². The summed E-state index contributed by atoms with van der Waals surface area (Å²) in [5.41, 5.74) is 5.24. The Morgan fingerprint density at radius 1 is 0.833 bits per heavy atom. The largest absolute Gasteiger partial charge is 0.480 e. The Bertz CT molecular complexity index is 472. The summed E-state index contributed by atoms with van der Waals surface area (Å²) in [6, 6.07) is -5.52. The lowest BCUT2D eigenvalue weighted by atomic mass is 10.2. The van der Waals surface area contributed by atoms with E-state index in [1.54, 1.807) is 0 Å². The molecule has 0 aromatic rings. The van der Waals surface area contributed by atoms with Crippen molar-refractivity contribution in [2.75, 3.05) is 19.8 Å². The first-order valence-electron chi connectivity index (χ1n) is 6.89. The highest BCUT2D eigenvalue weighted by atomic mass is 16.4. The van der Waals surface area contributed by atoms with Crippen LogP contribution in [0, 0.1) is 0 Å². The van der Waals surface area contributed by atoms with Gasteiger partial charge in [0.05, 0.1) is 19.8 Å². The van der Waals surface area contributed by atoms with Crippen LogP contribution in [-0.2, 0) is 19.2 Å². The lowest BCUT2D eigenvalue weighted by Gasteiger charge is -2.22. The van der Waals surface area contributed by atoms with Gasteiger partial charge in [-0.1, -0.05) is 0 Å². The number of hydrogen-bond acceptors (Lipinski definition) is 8. The predicted octanol–water partition coefficient (Wildman–Crippen LogP) is -5.15. The number of carboxylic acids is 1. The van der Waals surface area contributed by atoms with Gasteiger partial charge in [-0.25, -0.2) is 0 Å². The number of aliphatic carboxylic acids is 1. The number of rotatable bonds is 10. The topological polar surface area (TPSA) is 211 Å². The number of amides is 3. The van der Waals surface area contributed by atoms with Crippen molar-refractivity contribution >= 4 is 23.7 Å². The number of aliphatic hydroxyl groups excluding tert-OH is 3. The zero-order valence-electron chi connectivity index (χ0n) is 12.9. The van der Waals surface area contributed by atoms with Crippen LogP contribution in [0.2, 0.25) is 0 Å². The Labute approximate surface area is 137 Å². The van der Waals surface area contributed by atoms with E-state index in [1.807, 2.05) is 5.32 Å². The lowest BCUT2D eigenvalue weighted by Crippen LogP contribution is -2.59. The summed E-state index contributed by atoms with van der Waals surface area (Å²) in [6.45, 7) is -1.17. The van der Waals surface area contributed by atoms with Crippen LogP contribution in [0.3, 0.4) is 0 Å². The van der Waals surface area contributed by atoms with Gasteiger partial charge in [-0.05, 0) is 6.92 Å². The Morgan fingerprint density at radius 3 is 1.62 bits per heavy atom. The molecule has 4 unspecified atom stereocenters. The van der Waals surface area contributed by atoms with Gasteiger partial charge in [-0.3, -0.25) is 19.2 Å². The monoisotopic (exact) mass is 350 g/mol. The molecule has 9 N–H and O–H groups in total. The van der Waals surface area contributed by atoms with Crippen molar-refractivity contribution in [2.24, 2.45) is 5.73 Å². The summed E-state index contributed by atoms with van der Waals surface area (Å²) in [6.07, 6.45) is 0. The summed E-state index contributed by atoms with van der Waals surface area (Å²) >= 11 is 0. The summed E-state index contributed by atoms with van der Waals surface area (Å²) in [5, 5.41) is 41.8. The predicted molar refractivity (Wildman–Crippen MR) is 78.3 cm³/mol. The van der Waals surface area contributed by atoms with Crippen molar-refractivity contribution in [2.45, 2.75) is 31.1 Å². The molecule has 12 heteroatoms. The quantitative estimate of drug-likeness (QED) is 0.189. The first-order valence-corrected chi connectivity index (χ1v) is 6.89. The van der Waals surface area contributed by atoms with Crippen LogP contribution in [0.4, 0.5) is 0 Å². The van der Waals surface area contributed by atoms with Crippen molar-refractivity contribution in [3.8, 4) is 0 Å². The van der Waals surface area contributed by atoms with Crippen molar-refractivity contribution in [3.05, 3.63) is 0 Å². The molecule has 0 aliphatic rings. The van der Waals surface area contributed by atoms with Crippen LogP contribution < -0.4 is 21.7 Å². The van der Waals surface area contributed by atoms with Gasteiger partial charge in [-0.2, -0.15) is 0 Å². The van der Waals surface area contributed by atoms with Crippen molar-refractivity contribution in [3.63, 3.8) is 0 Å². The average molecular weight is 350 g/mol. The van der Waals surface area contributed by atoms with Crippen LogP contribution in [0.15, 0.2) is 0 Å². The lowest BCUT2D eigenvalue weighted by molar-refractivity contribution is -0.142. The highest BCUT2D eigenvalue weighted by molar-refractivity contribution is 5.94. The third kappa shape index (κ3) is 6.87. The van der Waals surface area contributed by atoms with Gasteiger partial charge in [-0.15, -0.1) is 0 Å². The van der Waals surface area contributed by atoms with Crippen LogP contribution in [0.25, 0.3) is 0 Å². The Balaban J connectivity index is 4.79. The minimum absolute atomic E-state index is 0.680. The molecule has 0 heterocycles. The maximum absolute atomic E-state index is 11.9. The number of aliphatic hydroxyl groups is 3. The molecule has 0 saturated carbocycles.